The number of halogens is 1. The maximum atomic E-state index is 13.2. The number of rotatable bonds is 2. The topological polar surface area (TPSA) is 46.3 Å². The molecule has 5 heteroatoms. The van der Waals surface area contributed by atoms with Crippen molar-refractivity contribution in [3.63, 3.8) is 0 Å². The lowest BCUT2D eigenvalue weighted by Gasteiger charge is -2.23. The number of aromatic nitrogens is 1. The molecule has 20 heavy (non-hydrogen) atoms. The zero-order chi connectivity index (χ0) is 14.1. The van der Waals surface area contributed by atoms with Gasteiger partial charge in [-0.3, -0.25) is 4.79 Å². The predicted molar refractivity (Wildman–Crippen MR) is 70.7 cm³/mol. The molecule has 1 aliphatic rings. The van der Waals surface area contributed by atoms with Gasteiger partial charge in [0.2, 0.25) is 0 Å². The molecule has 1 aliphatic heterocycles. The Morgan fingerprint density at radius 1 is 1.45 bits per heavy atom. The number of aryl methyl sites for hydroxylation is 1. The maximum Gasteiger partial charge on any atom is 0.254 e. The van der Waals surface area contributed by atoms with Crippen LogP contribution in [0.4, 0.5) is 4.39 Å². The lowest BCUT2D eigenvalue weighted by atomic mass is 10.1. The van der Waals surface area contributed by atoms with Crippen molar-refractivity contribution in [2.24, 2.45) is 0 Å². The fourth-order valence-corrected chi connectivity index (χ4v) is 2.65. The van der Waals surface area contributed by atoms with Gasteiger partial charge in [0.25, 0.3) is 5.91 Å². The van der Waals surface area contributed by atoms with Crippen LogP contribution in [0.2, 0.25) is 0 Å². The van der Waals surface area contributed by atoms with Crippen LogP contribution in [0.15, 0.2) is 34.9 Å². The van der Waals surface area contributed by atoms with Crippen molar-refractivity contribution >= 4 is 5.91 Å². The van der Waals surface area contributed by atoms with Crippen molar-refractivity contribution in [3.8, 4) is 0 Å². The fraction of sp³-hybridized carbons (Fsp3) is 0.333. The smallest absolute Gasteiger partial charge is 0.254 e. The summed E-state index contributed by atoms with van der Waals surface area (Å²) in [4.78, 5) is 14.2. The van der Waals surface area contributed by atoms with Crippen molar-refractivity contribution in [1.29, 1.82) is 0 Å². The van der Waals surface area contributed by atoms with Gasteiger partial charge in [-0.15, -0.1) is 0 Å². The van der Waals surface area contributed by atoms with Gasteiger partial charge in [0, 0.05) is 18.2 Å². The summed E-state index contributed by atoms with van der Waals surface area (Å²) in [6, 6.07) is 7.55. The maximum absolute atomic E-state index is 13.2. The van der Waals surface area contributed by atoms with E-state index in [1.807, 2.05) is 13.0 Å². The molecule has 104 valence electrons. The zero-order valence-corrected chi connectivity index (χ0v) is 11.2. The molecule has 0 radical (unpaired) electrons. The molecule has 4 nitrogen and oxygen atoms in total. The fourth-order valence-electron chi connectivity index (χ4n) is 2.65. The summed E-state index contributed by atoms with van der Waals surface area (Å²) in [5.41, 5.74) is 1.14. The van der Waals surface area contributed by atoms with Crippen LogP contribution in [-0.2, 0) is 0 Å². The number of carbonyl (C=O) groups excluding carboxylic acids is 1. The molecule has 0 saturated carbocycles. The quantitative estimate of drug-likeness (QED) is 0.845. The Hall–Kier alpha value is -2.17. The lowest BCUT2D eigenvalue weighted by Crippen LogP contribution is -2.30. The Morgan fingerprint density at radius 3 is 3.00 bits per heavy atom. The molecule has 3 rings (SSSR count). The molecular weight excluding hydrogens is 259 g/mol. The highest BCUT2D eigenvalue weighted by atomic mass is 19.1. The molecule has 0 bridgehead atoms. The van der Waals surface area contributed by atoms with Gasteiger partial charge in [-0.2, -0.15) is 0 Å². The van der Waals surface area contributed by atoms with E-state index in [-0.39, 0.29) is 11.9 Å². The standard InChI is InChI=1S/C15H15FN2O2/c1-10-8-13(17-20-10)14-6-3-7-18(14)15(19)11-4-2-5-12(16)9-11/h2,4-5,8-9,14H,3,6-7H2,1H3. The van der Waals surface area contributed by atoms with Gasteiger partial charge in [0.05, 0.1) is 6.04 Å². The number of hydrogen-bond acceptors (Lipinski definition) is 3. The van der Waals surface area contributed by atoms with E-state index in [4.69, 9.17) is 4.52 Å². The summed E-state index contributed by atoms with van der Waals surface area (Å²) in [5.74, 6) is 0.168. The average Bonchev–Trinajstić information content (AvgIpc) is 3.06. The van der Waals surface area contributed by atoms with Crippen LogP contribution in [0.25, 0.3) is 0 Å². The number of amides is 1. The molecule has 2 heterocycles. The second-order valence-corrected chi connectivity index (χ2v) is 5.03. The average molecular weight is 274 g/mol. The highest BCUT2D eigenvalue weighted by Gasteiger charge is 2.32. The van der Waals surface area contributed by atoms with Crippen LogP contribution in [0.3, 0.4) is 0 Å². The molecule has 1 aromatic heterocycles. The van der Waals surface area contributed by atoms with Crippen molar-refractivity contribution in [1.82, 2.24) is 10.1 Å². The third-order valence-electron chi connectivity index (χ3n) is 3.57. The Morgan fingerprint density at radius 2 is 2.30 bits per heavy atom. The Kier molecular flexibility index (Phi) is 3.26. The van der Waals surface area contributed by atoms with Crippen LogP contribution in [0.1, 0.15) is 40.7 Å². The predicted octanol–water partition coefficient (Wildman–Crippen LogP) is 3.10. The minimum Gasteiger partial charge on any atom is -0.361 e. The SMILES string of the molecule is Cc1cc(C2CCCN2C(=O)c2cccc(F)c2)no1. The van der Waals surface area contributed by atoms with E-state index in [9.17, 15) is 9.18 Å². The van der Waals surface area contributed by atoms with Crippen LogP contribution >= 0.6 is 0 Å². The molecule has 1 atom stereocenters. The summed E-state index contributed by atoms with van der Waals surface area (Å²) in [7, 11) is 0. The van der Waals surface area contributed by atoms with Crippen LogP contribution < -0.4 is 0 Å². The first-order chi connectivity index (χ1) is 9.65. The molecule has 1 amide bonds. The Bertz CT molecular complexity index is 638. The summed E-state index contributed by atoms with van der Waals surface area (Å²) >= 11 is 0. The van der Waals surface area contributed by atoms with Gasteiger partial charge >= 0.3 is 0 Å². The van der Waals surface area contributed by atoms with Gasteiger partial charge in [-0.05, 0) is 38.0 Å². The summed E-state index contributed by atoms with van der Waals surface area (Å²) in [5, 5.41) is 4.00. The molecule has 1 unspecified atom stereocenters. The van der Waals surface area contributed by atoms with Crippen molar-refractivity contribution in [3.05, 3.63) is 53.2 Å². The second-order valence-electron chi connectivity index (χ2n) is 5.03. The number of likely N-dealkylation sites (tertiary alicyclic amines) is 1. The number of carbonyl (C=O) groups is 1. The van der Waals surface area contributed by atoms with E-state index in [1.54, 1.807) is 17.0 Å². The van der Waals surface area contributed by atoms with Crippen LogP contribution in [0, 0.1) is 12.7 Å². The summed E-state index contributed by atoms with van der Waals surface area (Å²) in [6.45, 7) is 2.48. The molecule has 0 aliphatic carbocycles. The van der Waals surface area contributed by atoms with Crippen molar-refractivity contribution < 1.29 is 13.7 Å². The molecule has 0 N–H and O–H groups in total. The van der Waals surface area contributed by atoms with Gasteiger partial charge in [-0.25, -0.2) is 4.39 Å². The monoisotopic (exact) mass is 274 g/mol. The first kappa shape index (κ1) is 12.8. The van der Waals surface area contributed by atoms with Gasteiger partial charge in [-0.1, -0.05) is 11.2 Å². The summed E-state index contributed by atoms with van der Waals surface area (Å²) in [6.07, 6.45) is 1.77. The van der Waals surface area contributed by atoms with E-state index >= 15 is 0 Å². The lowest BCUT2D eigenvalue weighted by molar-refractivity contribution is 0.0730. The molecule has 1 saturated heterocycles. The zero-order valence-electron chi connectivity index (χ0n) is 11.2. The first-order valence-corrected chi connectivity index (χ1v) is 6.65. The largest absolute Gasteiger partial charge is 0.361 e. The van der Waals surface area contributed by atoms with E-state index in [2.05, 4.69) is 5.16 Å². The molecule has 0 spiro atoms. The molecule has 1 fully saturated rings. The van der Waals surface area contributed by atoms with Gasteiger partial charge in [0.15, 0.2) is 0 Å². The molecule has 2 aromatic rings. The minimum atomic E-state index is -0.399. The third kappa shape index (κ3) is 2.31. The molecular formula is C15H15FN2O2. The summed E-state index contributed by atoms with van der Waals surface area (Å²) < 4.78 is 18.3. The highest BCUT2D eigenvalue weighted by molar-refractivity contribution is 5.94. The van der Waals surface area contributed by atoms with Gasteiger partial charge < -0.3 is 9.42 Å². The molecule has 1 aromatic carbocycles. The van der Waals surface area contributed by atoms with E-state index in [0.29, 0.717) is 12.1 Å². The third-order valence-corrected chi connectivity index (χ3v) is 3.57. The number of nitrogens with zero attached hydrogens (tertiary/aromatic N) is 2. The van der Waals surface area contributed by atoms with Crippen LogP contribution in [0.5, 0.6) is 0 Å². The first-order valence-electron chi connectivity index (χ1n) is 6.65. The second kappa shape index (κ2) is 5.07. The van der Waals surface area contributed by atoms with Crippen molar-refractivity contribution in [2.45, 2.75) is 25.8 Å². The van der Waals surface area contributed by atoms with E-state index in [1.165, 1.54) is 12.1 Å². The highest BCUT2D eigenvalue weighted by Crippen LogP contribution is 2.32. The minimum absolute atomic E-state index is 0.0804. The number of hydrogen-bond donors (Lipinski definition) is 0. The Labute approximate surface area is 116 Å². The number of benzene rings is 1. The van der Waals surface area contributed by atoms with E-state index in [0.717, 1.165) is 24.3 Å². The van der Waals surface area contributed by atoms with Crippen LogP contribution in [-0.4, -0.2) is 22.5 Å². The van der Waals surface area contributed by atoms with Crippen molar-refractivity contribution in [2.75, 3.05) is 6.54 Å². The Balaban J connectivity index is 1.87. The van der Waals surface area contributed by atoms with E-state index < -0.39 is 5.82 Å². The van der Waals surface area contributed by atoms with Gasteiger partial charge in [0.1, 0.15) is 17.3 Å². The normalized spacial score (nSPS) is 18.5.